The maximum Gasteiger partial charge on any atom is 0.267 e. The molecule has 1 amide bonds. The number of fused-ring (bicyclic) bond motifs is 2. The Kier molecular flexibility index (Phi) is 9.12. The van der Waals surface area contributed by atoms with E-state index in [-0.39, 0.29) is 16.9 Å². The number of piperidine rings is 1. The van der Waals surface area contributed by atoms with E-state index < -0.39 is 11.9 Å². The summed E-state index contributed by atoms with van der Waals surface area (Å²) >= 11 is 0. The summed E-state index contributed by atoms with van der Waals surface area (Å²) in [7, 11) is 3.97. The number of nitrogens with zero attached hydrogens (tertiary/aromatic N) is 8. The molecule has 0 radical (unpaired) electrons. The van der Waals surface area contributed by atoms with Crippen LogP contribution in [-0.2, 0) is 13.5 Å². The number of rotatable bonds is 8. The molecule has 0 unspecified atom stereocenters. The smallest absolute Gasteiger partial charge is 0.267 e. The zero-order chi connectivity index (χ0) is 34.8. The van der Waals surface area contributed by atoms with Crippen LogP contribution < -0.4 is 21.9 Å². The third kappa shape index (κ3) is 6.34. The second-order valence-corrected chi connectivity index (χ2v) is 12.5. The van der Waals surface area contributed by atoms with E-state index in [0.717, 1.165) is 50.2 Å². The van der Waals surface area contributed by atoms with Crippen molar-refractivity contribution < 1.29 is 4.79 Å². The molecule has 1 aliphatic rings. The first-order valence-corrected chi connectivity index (χ1v) is 16.8. The molecule has 0 aliphatic carbocycles. The topological polar surface area (TPSA) is 153 Å². The Morgan fingerprint density at radius 2 is 1.84 bits per heavy atom. The van der Waals surface area contributed by atoms with Crippen molar-refractivity contribution in [1.82, 2.24) is 49.5 Å². The molecule has 13 heteroatoms. The van der Waals surface area contributed by atoms with Crippen molar-refractivity contribution in [3.63, 3.8) is 0 Å². The standard InChI is InChI=1S/C37H39N11O2/c1-24(42-36(49)32-33(38)44-47-19-8-18-40-35(32)47)34-43-29-12-7-9-25(31(29)37(50)48(34)28-10-5-4-6-11-28)13-14-26-23-41-45(3)30(26)17-22-46-20-15-27(39-2)16-21-46/h4-12,18-19,23-24,27,39H,15-17,20-22H2,1-3H3,(H2,38,44)(H,42,49)/t24-/m0/s1. The predicted octanol–water partition coefficient (Wildman–Crippen LogP) is 2.86. The number of anilines is 1. The number of amides is 1. The molecule has 13 nitrogen and oxygen atoms in total. The average molecular weight is 670 g/mol. The molecule has 1 atom stereocenters. The fourth-order valence-electron chi connectivity index (χ4n) is 6.63. The van der Waals surface area contributed by atoms with Crippen LogP contribution in [0.15, 0.2) is 78.0 Å². The lowest BCUT2D eigenvalue weighted by Crippen LogP contribution is -2.42. The van der Waals surface area contributed by atoms with Gasteiger partial charge in [0.2, 0.25) is 0 Å². The van der Waals surface area contributed by atoms with Crippen molar-refractivity contribution in [2.45, 2.75) is 38.3 Å². The summed E-state index contributed by atoms with van der Waals surface area (Å²) < 4.78 is 4.87. The molecule has 7 rings (SSSR count). The number of nitrogens with one attached hydrogen (secondary N) is 2. The van der Waals surface area contributed by atoms with Gasteiger partial charge in [-0.3, -0.25) is 18.8 Å². The van der Waals surface area contributed by atoms with Gasteiger partial charge >= 0.3 is 0 Å². The van der Waals surface area contributed by atoms with Gasteiger partial charge in [0.1, 0.15) is 11.4 Å². The summed E-state index contributed by atoms with van der Waals surface area (Å²) in [6.45, 7) is 4.84. The summed E-state index contributed by atoms with van der Waals surface area (Å²) in [4.78, 5) is 39.8. The van der Waals surface area contributed by atoms with E-state index in [2.05, 4.69) is 42.6 Å². The van der Waals surface area contributed by atoms with E-state index in [1.54, 1.807) is 37.6 Å². The largest absolute Gasteiger partial charge is 0.381 e. The zero-order valence-electron chi connectivity index (χ0n) is 28.3. The van der Waals surface area contributed by atoms with Crippen LogP contribution in [0.1, 0.15) is 58.8 Å². The quantitative estimate of drug-likeness (QED) is 0.208. The lowest BCUT2D eigenvalue weighted by Gasteiger charge is -2.31. The van der Waals surface area contributed by atoms with Crippen molar-refractivity contribution >= 4 is 28.3 Å². The Morgan fingerprint density at radius 3 is 2.62 bits per heavy atom. The van der Waals surface area contributed by atoms with Gasteiger partial charge in [0.05, 0.1) is 40.1 Å². The van der Waals surface area contributed by atoms with E-state index in [1.807, 2.05) is 61.2 Å². The predicted molar refractivity (Wildman–Crippen MR) is 192 cm³/mol. The molecule has 1 aliphatic heterocycles. The Labute approximate surface area is 289 Å². The minimum Gasteiger partial charge on any atom is -0.381 e. The van der Waals surface area contributed by atoms with Gasteiger partial charge in [0, 0.05) is 44.0 Å². The first-order chi connectivity index (χ1) is 24.3. The molecule has 4 N–H and O–H groups in total. The molecule has 1 saturated heterocycles. The van der Waals surface area contributed by atoms with Gasteiger partial charge in [-0.1, -0.05) is 36.1 Å². The van der Waals surface area contributed by atoms with Crippen molar-refractivity contribution in [2.75, 3.05) is 32.4 Å². The van der Waals surface area contributed by atoms with Crippen LogP contribution in [0, 0.1) is 11.8 Å². The molecule has 254 valence electrons. The number of likely N-dealkylation sites (tertiary alicyclic amines) is 1. The van der Waals surface area contributed by atoms with E-state index in [9.17, 15) is 9.59 Å². The molecule has 5 heterocycles. The van der Waals surface area contributed by atoms with Crippen LogP contribution in [0.25, 0.3) is 22.2 Å². The maximum absolute atomic E-state index is 14.5. The summed E-state index contributed by atoms with van der Waals surface area (Å²) in [6.07, 6.45) is 8.14. The monoisotopic (exact) mass is 669 g/mol. The van der Waals surface area contributed by atoms with Crippen LogP contribution in [0.4, 0.5) is 5.82 Å². The van der Waals surface area contributed by atoms with Crippen LogP contribution in [0.3, 0.4) is 0 Å². The van der Waals surface area contributed by atoms with Crippen molar-refractivity contribution in [3.05, 3.63) is 112 Å². The summed E-state index contributed by atoms with van der Waals surface area (Å²) in [5.41, 5.74) is 9.83. The van der Waals surface area contributed by atoms with Gasteiger partial charge in [-0.15, -0.1) is 5.10 Å². The number of hydrogen-bond acceptors (Lipinski definition) is 9. The van der Waals surface area contributed by atoms with E-state index in [0.29, 0.717) is 39.7 Å². The number of para-hydroxylation sites is 1. The van der Waals surface area contributed by atoms with Crippen LogP contribution in [-0.4, -0.2) is 77.5 Å². The van der Waals surface area contributed by atoms with E-state index >= 15 is 0 Å². The van der Waals surface area contributed by atoms with Crippen molar-refractivity contribution in [3.8, 4) is 17.5 Å². The maximum atomic E-state index is 14.5. The SMILES string of the molecule is CNC1CCN(CCc2c(C#Cc3cccc4nc([C@H](C)NC(=O)c5c(N)nn6cccnc56)n(-c5ccccc5)c(=O)c34)cnn2C)CC1. The molecule has 1 fully saturated rings. The third-order valence-electron chi connectivity index (χ3n) is 9.38. The van der Waals surface area contributed by atoms with Gasteiger partial charge in [-0.05, 0) is 70.2 Å². The molecule has 0 saturated carbocycles. The number of aromatic nitrogens is 7. The third-order valence-corrected chi connectivity index (χ3v) is 9.38. The van der Waals surface area contributed by atoms with E-state index in [4.69, 9.17) is 10.7 Å². The molecule has 2 aromatic carbocycles. The summed E-state index contributed by atoms with van der Waals surface area (Å²) in [6, 6.07) is 16.3. The molecule has 50 heavy (non-hydrogen) atoms. The number of nitrogens with two attached hydrogens (primary N) is 1. The summed E-state index contributed by atoms with van der Waals surface area (Å²) in [5, 5.41) is 15.5. The highest BCUT2D eigenvalue weighted by Crippen LogP contribution is 2.22. The lowest BCUT2D eigenvalue weighted by molar-refractivity contribution is 0.0940. The second kappa shape index (κ2) is 13.9. The first-order valence-electron chi connectivity index (χ1n) is 16.8. The van der Waals surface area contributed by atoms with Gasteiger partial charge in [0.25, 0.3) is 11.5 Å². The molecule has 0 bridgehead atoms. The second-order valence-electron chi connectivity index (χ2n) is 12.5. The first kappa shape index (κ1) is 32.7. The number of hydrogen-bond donors (Lipinski definition) is 3. The van der Waals surface area contributed by atoms with E-state index in [1.165, 1.54) is 9.08 Å². The number of nitrogen functional groups attached to an aromatic ring is 1. The van der Waals surface area contributed by atoms with Crippen LogP contribution in [0.2, 0.25) is 0 Å². The zero-order valence-corrected chi connectivity index (χ0v) is 28.3. The minimum absolute atomic E-state index is 0.0504. The van der Waals surface area contributed by atoms with Crippen LogP contribution in [0.5, 0.6) is 0 Å². The van der Waals surface area contributed by atoms with Crippen molar-refractivity contribution in [1.29, 1.82) is 0 Å². The Balaban J connectivity index is 1.23. The number of carbonyl (C=O) groups excluding carboxylic acids is 1. The normalized spacial score (nSPS) is 14.5. The molecular weight excluding hydrogens is 630 g/mol. The number of aryl methyl sites for hydroxylation is 1. The molecular formula is C37H39N11O2. The van der Waals surface area contributed by atoms with Gasteiger partial charge in [-0.25, -0.2) is 14.5 Å². The molecule has 0 spiro atoms. The molecule has 4 aromatic heterocycles. The lowest BCUT2D eigenvalue weighted by atomic mass is 10.0. The highest BCUT2D eigenvalue weighted by Gasteiger charge is 2.25. The van der Waals surface area contributed by atoms with Gasteiger partial charge < -0.3 is 21.3 Å². The average Bonchev–Trinajstić information content (AvgIpc) is 3.67. The number of benzene rings is 2. The molecule has 6 aromatic rings. The highest BCUT2D eigenvalue weighted by molar-refractivity contribution is 6.04. The Bertz CT molecular complexity index is 2310. The highest BCUT2D eigenvalue weighted by atomic mass is 16.2. The van der Waals surface area contributed by atoms with Gasteiger partial charge in [0.15, 0.2) is 11.5 Å². The fraction of sp³-hybridized carbons (Fsp3) is 0.297. The van der Waals surface area contributed by atoms with Crippen LogP contribution >= 0.6 is 0 Å². The fourth-order valence-corrected chi connectivity index (χ4v) is 6.63. The Hall–Kier alpha value is -5.84. The minimum atomic E-state index is -0.699. The summed E-state index contributed by atoms with van der Waals surface area (Å²) in [5.74, 6) is 6.51. The van der Waals surface area contributed by atoms with Gasteiger partial charge in [-0.2, -0.15) is 5.10 Å². The Morgan fingerprint density at radius 1 is 1.06 bits per heavy atom. The van der Waals surface area contributed by atoms with Crippen molar-refractivity contribution in [2.24, 2.45) is 7.05 Å². The number of carbonyl (C=O) groups is 1.